The van der Waals surface area contributed by atoms with Crippen molar-refractivity contribution in [1.82, 2.24) is 15.2 Å². The minimum absolute atomic E-state index is 0.0746. The molecular weight excluding hydrogens is 304 g/mol. The maximum Gasteiger partial charge on any atom is 0.255 e. The first kappa shape index (κ1) is 16.7. The van der Waals surface area contributed by atoms with Crippen LogP contribution in [0.1, 0.15) is 48.9 Å². The third-order valence-corrected chi connectivity index (χ3v) is 5.02. The number of nitrogens with zero attached hydrogens (tertiary/aromatic N) is 3. The summed E-state index contributed by atoms with van der Waals surface area (Å²) in [6.07, 6.45) is 8.23. The van der Waals surface area contributed by atoms with Gasteiger partial charge < -0.3 is 15.1 Å². The molecule has 1 aromatic rings. The van der Waals surface area contributed by atoms with Crippen molar-refractivity contribution in [2.45, 2.75) is 50.6 Å². The number of hydrogen-bond acceptors (Lipinski definition) is 4. The van der Waals surface area contributed by atoms with Crippen LogP contribution in [0.25, 0.3) is 0 Å². The van der Waals surface area contributed by atoms with Crippen LogP contribution in [0.15, 0.2) is 18.3 Å². The number of pyridine rings is 1. The van der Waals surface area contributed by atoms with E-state index >= 15 is 0 Å². The summed E-state index contributed by atoms with van der Waals surface area (Å²) in [4.78, 5) is 33.3. The summed E-state index contributed by atoms with van der Waals surface area (Å²) in [5.41, 5.74) is 0.506. The van der Waals surface area contributed by atoms with E-state index in [1.165, 1.54) is 19.3 Å². The van der Waals surface area contributed by atoms with Crippen molar-refractivity contribution in [3.63, 3.8) is 0 Å². The second kappa shape index (κ2) is 7.20. The van der Waals surface area contributed by atoms with Gasteiger partial charge in [-0.05, 0) is 31.4 Å². The third-order valence-electron chi connectivity index (χ3n) is 5.02. The molecule has 1 unspecified atom stereocenters. The van der Waals surface area contributed by atoms with Gasteiger partial charge in [0.1, 0.15) is 11.9 Å². The summed E-state index contributed by atoms with van der Waals surface area (Å²) in [6.45, 7) is 0.752. The number of amides is 2. The first-order valence-corrected chi connectivity index (χ1v) is 8.81. The Morgan fingerprint density at radius 2 is 2.00 bits per heavy atom. The molecule has 1 atom stereocenters. The lowest BCUT2D eigenvalue weighted by atomic mass is 9.94. The first-order valence-electron chi connectivity index (χ1n) is 8.81. The number of anilines is 1. The maximum atomic E-state index is 12.7. The predicted octanol–water partition coefficient (Wildman–Crippen LogP) is 1.81. The molecule has 1 aliphatic heterocycles. The molecule has 0 bridgehead atoms. The number of aromatic nitrogens is 1. The Labute approximate surface area is 143 Å². The van der Waals surface area contributed by atoms with Crippen LogP contribution in [0.3, 0.4) is 0 Å². The van der Waals surface area contributed by atoms with Gasteiger partial charge in [-0.15, -0.1) is 0 Å². The molecule has 1 N–H and O–H groups in total. The van der Waals surface area contributed by atoms with Crippen molar-refractivity contribution in [2.24, 2.45) is 0 Å². The van der Waals surface area contributed by atoms with E-state index in [-0.39, 0.29) is 11.8 Å². The van der Waals surface area contributed by atoms with Crippen LogP contribution in [0, 0.1) is 0 Å². The molecule has 2 fully saturated rings. The summed E-state index contributed by atoms with van der Waals surface area (Å²) >= 11 is 0. The van der Waals surface area contributed by atoms with Crippen LogP contribution in [-0.4, -0.2) is 54.4 Å². The molecule has 1 saturated carbocycles. The van der Waals surface area contributed by atoms with Gasteiger partial charge in [0.25, 0.3) is 5.91 Å². The van der Waals surface area contributed by atoms with E-state index in [0.717, 1.165) is 19.4 Å². The van der Waals surface area contributed by atoms with Crippen molar-refractivity contribution in [2.75, 3.05) is 25.5 Å². The van der Waals surface area contributed by atoms with Crippen molar-refractivity contribution >= 4 is 17.6 Å². The van der Waals surface area contributed by atoms with Gasteiger partial charge >= 0.3 is 0 Å². The molecular formula is C18H26N4O2. The Morgan fingerprint density at radius 3 is 2.71 bits per heavy atom. The molecule has 1 aromatic heterocycles. The fourth-order valence-electron chi connectivity index (χ4n) is 3.76. The molecule has 2 heterocycles. The molecule has 0 aromatic carbocycles. The predicted molar refractivity (Wildman–Crippen MR) is 93.0 cm³/mol. The normalized spacial score (nSPS) is 21.8. The summed E-state index contributed by atoms with van der Waals surface area (Å²) < 4.78 is 0. The average molecular weight is 330 g/mol. The van der Waals surface area contributed by atoms with Crippen LogP contribution in [0.5, 0.6) is 0 Å². The lowest BCUT2D eigenvalue weighted by Gasteiger charge is -2.31. The Balaban J connectivity index is 1.66. The average Bonchev–Trinajstić information content (AvgIpc) is 2.96. The van der Waals surface area contributed by atoms with Crippen molar-refractivity contribution in [3.05, 3.63) is 23.9 Å². The van der Waals surface area contributed by atoms with Crippen molar-refractivity contribution in [3.8, 4) is 0 Å². The number of carbonyl (C=O) groups is 2. The van der Waals surface area contributed by atoms with E-state index in [4.69, 9.17) is 0 Å². The summed E-state index contributed by atoms with van der Waals surface area (Å²) in [6, 6.07) is 3.45. The van der Waals surface area contributed by atoms with Gasteiger partial charge in [0.2, 0.25) is 5.91 Å². The number of carbonyl (C=O) groups excluding carboxylic acids is 2. The summed E-state index contributed by atoms with van der Waals surface area (Å²) in [7, 11) is 3.70. The molecule has 6 heteroatoms. The Kier molecular flexibility index (Phi) is 5.02. The molecule has 1 saturated heterocycles. The number of hydrogen-bond donors (Lipinski definition) is 1. The zero-order chi connectivity index (χ0) is 17.1. The fourth-order valence-corrected chi connectivity index (χ4v) is 3.76. The summed E-state index contributed by atoms with van der Waals surface area (Å²) in [5, 5.41) is 2.91. The Bertz CT molecular complexity index is 611. The molecule has 6 nitrogen and oxygen atoms in total. The highest BCUT2D eigenvalue weighted by Gasteiger charge is 2.37. The van der Waals surface area contributed by atoms with Crippen LogP contribution in [0.4, 0.5) is 5.82 Å². The Hall–Kier alpha value is -2.11. The highest BCUT2D eigenvalue weighted by atomic mass is 16.2. The minimum Gasteiger partial charge on any atom is -0.362 e. The van der Waals surface area contributed by atoms with Gasteiger partial charge in [-0.1, -0.05) is 19.3 Å². The quantitative estimate of drug-likeness (QED) is 0.914. The number of likely N-dealkylation sites (tertiary alicyclic amines) is 1. The lowest BCUT2D eigenvalue weighted by molar-refractivity contribution is -0.131. The molecule has 2 aliphatic rings. The van der Waals surface area contributed by atoms with E-state index < -0.39 is 6.04 Å². The second-order valence-electron chi connectivity index (χ2n) is 6.91. The van der Waals surface area contributed by atoms with Gasteiger partial charge in [0, 0.05) is 32.9 Å². The third kappa shape index (κ3) is 3.37. The molecule has 1 aliphatic carbocycles. The number of nitrogens with one attached hydrogen (secondary N) is 1. The standard InChI is InChI=1S/C18H26N4O2/c1-21(2)16-14(9-6-11-19-16)17(23)20-15-10-12-22(18(15)24)13-7-4-3-5-8-13/h6,9,11,13,15H,3-5,7-8,10,12H2,1-2H3,(H,20,23). The van der Waals surface area contributed by atoms with E-state index in [2.05, 4.69) is 10.3 Å². The van der Waals surface area contributed by atoms with E-state index in [0.29, 0.717) is 23.8 Å². The largest absolute Gasteiger partial charge is 0.362 e. The maximum absolute atomic E-state index is 12.7. The molecule has 2 amide bonds. The van der Waals surface area contributed by atoms with Crippen LogP contribution in [-0.2, 0) is 4.79 Å². The SMILES string of the molecule is CN(C)c1ncccc1C(=O)NC1CCN(C2CCCCC2)C1=O. The number of rotatable bonds is 4. The van der Waals surface area contributed by atoms with Crippen LogP contribution >= 0.6 is 0 Å². The Morgan fingerprint density at radius 1 is 1.25 bits per heavy atom. The van der Waals surface area contributed by atoms with E-state index in [1.54, 1.807) is 23.2 Å². The van der Waals surface area contributed by atoms with Crippen LogP contribution < -0.4 is 10.2 Å². The molecule has 130 valence electrons. The van der Waals surface area contributed by atoms with E-state index in [9.17, 15) is 9.59 Å². The second-order valence-corrected chi connectivity index (χ2v) is 6.91. The van der Waals surface area contributed by atoms with Gasteiger partial charge in [-0.3, -0.25) is 9.59 Å². The van der Waals surface area contributed by atoms with Gasteiger partial charge in [0.05, 0.1) is 5.56 Å². The van der Waals surface area contributed by atoms with Crippen LogP contribution in [0.2, 0.25) is 0 Å². The lowest BCUT2D eigenvalue weighted by Crippen LogP contribution is -2.45. The highest BCUT2D eigenvalue weighted by molar-refractivity contribution is 6.01. The summed E-state index contributed by atoms with van der Waals surface area (Å²) in [5.74, 6) is 0.464. The topological polar surface area (TPSA) is 65.5 Å². The highest BCUT2D eigenvalue weighted by Crippen LogP contribution is 2.26. The minimum atomic E-state index is -0.408. The zero-order valence-electron chi connectivity index (χ0n) is 14.5. The molecule has 0 spiro atoms. The van der Waals surface area contributed by atoms with Gasteiger partial charge in [-0.2, -0.15) is 0 Å². The van der Waals surface area contributed by atoms with Crippen molar-refractivity contribution < 1.29 is 9.59 Å². The molecule has 3 rings (SSSR count). The van der Waals surface area contributed by atoms with Gasteiger partial charge in [0.15, 0.2) is 0 Å². The van der Waals surface area contributed by atoms with Crippen molar-refractivity contribution in [1.29, 1.82) is 0 Å². The molecule has 0 radical (unpaired) electrons. The zero-order valence-corrected chi connectivity index (χ0v) is 14.5. The monoisotopic (exact) mass is 330 g/mol. The van der Waals surface area contributed by atoms with Gasteiger partial charge in [-0.25, -0.2) is 4.98 Å². The molecule has 24 heavy (non-hydrogen) atoms. The smallest absolute Gasteiger partial charge is 0.255 e. The first-order chi connectivity index (χ1) is 11.6. The van der Waals surface area contributed by atoms with E-state index in [1.807, 2.05) is 19.0 Å². The fraction of sp³-hybridized carbons (Fsp3) is 0.611.